The first-order chi connectivity index (χ1) is 13.0. The standard InChI is InChI=1S/C20H20ClN3O3/c1-13(2)18(20-23-19(24-27-20)14-6-4-3-5-7-14)22-17(25)12-26-16-10-8-15(21)9-11-16/h3-11,13,18H,12H2,1-2H3,(H,22,25)/t18-/m1/s1. The summed E-state index contributed by atoms with van der Waals surface area (Å²) < 4.78 is 10.9. The Morgan fingerprint density at radius 2 is 1.85 bits per heavy atom. The molecule has 0 unspecified atom stereocenters. The number of amides is 1. The Kier molecular flexibility index (Phi) is 6.08. The summed E-state index contributed by atoms with van der Waals surface area (Å²) in [4.78, 5) is 16.7. The minimum Gasteiger partial charge on any atom is -0.484 e. The van der Waals surface area contributed by atoms with E-state index in [2.05, 4.69) is 15.5 Å². The number of benzene rings is 2. The molecule has 0 saturated heterocycles. The van der Waals surface area contributed by atoms with E-state index in [1.54, 1.807) is 24.3 Å². The molecule has 0 saturated carbocycles. The smallest absolute Gasteiger partial charge is 0.258 e. The summed E-state index contributed by atoms with van der Waals surface area (Å²) in [7, 11) is 0. The van der Waals surface area contributed by atoms with Gasteiger partial charge in [-0.3, -0.25) is 4.79 Å². The molecule has 0 radical (unpaired) electrons. The summed E-state index contributed by atoms with van der Waals surface area (Å²) in [5.41, 5.74) is 0.854. The van der Waals surface area contributed by atoms with Crippen LogP contribution in [0.2, 0.25) is 5.02 Å². The number of hydrogen-bond donors (Lipinski definition) is 1. The third-order valence-corrected chi connectivity index (χ3v) is 4.16. The molecular formula is C20H20ClN3O3. The highest BCUT2D eigenvalue weighted by Crippen LogP contribution is 2.23. The van der Waals surface area contributed by atoms with Crippen molar-refractivity contribution in [3.05, 3.63) is 65.5 Å². The second kappa shape index (κ2) is 8.68. The molecule has 3 rings (SSSR count). The van der Waals surface area contributed by atoms with E-state index in [4.69, 9.17) is 20.9 Å². The van der Waals surface area contributed by atoms with Gasteiger partial charge in [0.1, 0.15) is 11.8 Å². The second-order valence-electron chi connectivity index (χ2n) is 6.35. The molecule has 1 amide bonds. The SMILES string of the molecule is CC(C)[C@@H](NC(=O)COc1ccc(Cl)cc1)c1nc(-c2ccccc2)no1. The molecular weight excluding hydrogens is 366 g/mol. The van der Waals surface area contributed by atoms with Crippen molar-refractivity contribution < 1.29 is 14.1 Å². The second-order valence-corrected chi connectivity index (χ2v) is 6.79. The predicted molar refractivity (Wildman–Crippen MR) is 102 cm³/mol. The van der Waals surface area contributed by atoms with Gasteiger partial charge in [0.25, 0.3) is 5.91 Å². The van der Waals surface area contributed by atoms with E-state index in [1.807, 2.05) is 44.2 Å². The van der Waals surface area contributed by atoms with Crippen LogP contribution < -0.4 is 10.1 Å². The first kappa shape index (κ1) is 18.9. The van der Waals surface area contributed by atoms with Gasteiger partial charge in [-0.15, -0.1) is 0 Å². The number of hydrogen-bond acceptors (Lipinski definition) is 5. The molecule has 7 heteroatoms. The maximum atomic E-state index is 12.3. The normalized spacial score (nSPS) is 12.0. The molecule has 0 aliphatic rings. The summed E-state index contributed by atoms with van der Waals surface area (Å²) in [6, 6.07) is 15.9. The Bertz CT molecular complexity index is 879. The zero-order valence-corrected chi connectivity index (χ0v) is 15.8. The van der Waals surface area contributed by atoms with Gasteiger partial charge in [0.2, 0.25) is 11.7 Å². The molecule has 0 aliphatic carbocycles. The van der Waals surface area contributed by atoms with Gasteiger partial charge >= 0.3 is 0 Å². The number of carbonyl (C=O) groups excluding carboxylic acids is 1. The zero-order valence-electron chi connectivity index (χ0n) is 15.1. The monoisotopic (exact) mass is 385 g/mol. The molecule has 1 aromatic heterocycles. The number of halogens is 1. The van der Waals surface area contributed by atoms with Crippen molar-refractivity contribution in [3.8, 4) is 17.1 Å². The highest BCUT2D eigenvalue weighted by molar-refractivity contribution is 6.30. The molecule has 0 aliphatic heterocycles. The van der Waals surface area contributed by atoms with E-state index in [9.17, 15) is 4.79 Å². The Morgan fingerprint density at radius 1 is 1.15 bits per heavy atom. The van der Waals surface area contributed by atoms with Gasteiger partial charge in [-0.2, -0.15) is 4.98 Å². The minimum atomic E-state index is -0.406. The Labute approximate surface area is 162 Å². The third kappa shape index (κ3) is 5.08. The summed E-state index contributed by atoms with van der Waals surface area (Å²) in [5.74, 6) is 1.21. The largest absolute Gasteiger partial charge is 0.484 e. The van der Waals surface area contributed by atoms with Crippen LogP contribution in [0.25, 0.3) is 11.4 Å². The molecule has 1 heterocycles. The van der Waals surface area contributed by atoms with Gasteiger partial charge in [0.15, 0.2) is 6.61 Å². The topological polar surface area (TPSA) is 77.2 Å². The lowest BCUT2D eigenvalue weighted by molar-refractivity contribution is -0.124. The van der Waals surface area contributed by atoms with Crippen LogP contribution in [0.3, 0.4) is 0 Å². The highest BCUT2D eigenvalue weighted by atomic mass is 35.5. The van der Waals surface area contributed by atoms with E-state index in [1.165, 1.54) is 0 Å². The van der Waals surface area contributed by atoms with Crippen molar-refractivity contribution in [1.82, 2.24) is 15.5 Å². The van der Waals surface area contributed by atoms with E-state index in [0.717, 1.165) is 5.56 Å². The van der Waals surface area contributed by atoms with Gasteiger partial charge < -0.3 is 14.6 Å². The molecule has 0 spiro atoms. The summed E-state index contributed by atoms with van der Waals surface area (Å²) in [6.07, 6.45) is 0. The number of nitrogens with zero attached hydrogens (tertiary/aromatic N) is 2. The van der Waals surface area contributed by atoms with Crippen LogP contribution in [-0.4, -0.2) is 22.7 Å². The molecule has 27 heavy (non-hydrogen) atoms. The minimum absolute atomic E-state index is 0.0635. The first-order valence-corrected chi connectivity index (χ1v) is 8.97. The van der Waals surface area contributed by atoms with E-state index in [0.29, 0.717) is 22.5 Å². The van der Waals surface area contributed by atoms with Crippen molar-refractivity contribution in [2.75, 3.05) is 6.61 Å². The maximum Gasteiger partial charge on any atom is 0.258 e. The molecule has 6 nitrogen and oxygen atoms in total. The first-order valence-electron chi connectivity index (χ1n) is 8.59. The fourth-order valence-corrected chi connectivity index (χ4v) is 2.60. The average molecular weight is 386 g/mol. The van der Waals surface area contributed by atoms with Crippen molar-refractivity contribution in [2.45, 2.75) is 19.9 Å². The number of carbonyl (C=O) groups is 1. The van der Waals surface area contributed by atoms with Crippen molar-refractivity contribution in [2.24, 2.45) is 5.92 Å². The average Bonchev–Trinajstić information content (AvgIpc) is 3.16. The molecule has 2 aromatic carbocycles. The highest BCUT2D eigenvalue weighted by Gasteiger charge is 2.25. The predicted octanol–water partition coefficient (Wildman–Crippen LogP) is 4.28. The van der Waals surface area contributed by atoms with Crippen LogP contribution in [0.15, 0.2) is 59.1 Å². The molecule has 1 atom stereocenters. The zero-order chi connectivity index (χ0) is 19.2. The molecule has 0 fully saturated rings. The van der Waals surface area contributed by atoms with Crippen LogP contribution in [-0.2, 0) is 4.79 Å². The van der Waals surface area contributed by atoms with Crippen molar-refractivity contribution >= 4 is 17.5 Å². The van der Waals surface area contributed by atoms with Crippen LogP contribution in [0.1, 0.15) is 25.8 Å². The lowest BCUT2D eigenvalue weighted by atomic mass is 10.0. The number of ether oxygens (including phenoxy) is 1. The van der Waals surface area contributed by atoms with Crippen LogP contribution in [0.5, 0.6) is 5.75 Å². The lowest BCUT2D eigenvalue weighted by Gasteiger charge is -2.18. The number of nitrogens with one attached hydrogen (secondary N) is 1. The molecule has 0 bridgehead atoms. The van der Waals surface area contributed by atoms with Crippen molar-refractivity contribution in [1.29, 1.82) is 0 Å². The summed E-state index contributed by atoms with van der Waals surface area (Å²) in [6.45, 7) is 3.82. The summed E-state index contributed by atoms with van der Waals surface area (Å²) in [5, 5.41) is 7.52. The van der Waals surface area contributed by atoms with Gasteiger partial charge in [-0.1, -0.05) is 60.9 Å². The quantitative estimate of drug-likeness (QED) is 0.656. The van der Waals surface area contributed by atoms with Crippen molar-refractivity contribution in [3.63, 3.8) is 0 Å². The Hall–Kier alpha value is -2.86. The van der Waals surface area contributed by atoms with E-state index >= 15 is 0 Å². The van der Waals surface area contributed by atoms with Gasteiger partial charge in [-0.05, 0) is 30.2 Å². The molecule has 1 N–H and O–H groups in total. The van der Waals surface area contributed by atoms with E-state index in [-0.39, 0.29) is 18.4 Å². The lowest BCUT2D eigenvalue weighted by Crippen LogP contribution is -2.35. The van der Waals surface area contributed by atoms with Gasteiger partial charge in [0.05, 0.1) is 0 Å². The molecule has 3 aromatic rings. The van der Waals surface area contributed by atoms with Gasteiger partial charge in [0, 0.05) is 10.6 Å². The number of aromatic nitrogens is 2. The van der Waals surface area contributed by atoms with Crippen LogP contribution >= 0.6 is 11.6 Å². The third-order valence-electron chi connectivity index (χ3n) is 3.91. The fourth-order valence-electron chi connectivity index (χ4n) is 2.47. The number of rotatable bonds is 7. The van der Waals surface area contributed by atoms with E-state index < -0.39 is 6.04 Å². The Balaban J connectivity index is 1.64. The summed E-state index contributed by atoms with van der Waals surface area (Å²) >= 11 is 5.83. The Morgan fingerprint density at radius 3 is 2.52 bits per heavy atom. The fraction of sp³-hybridized carbons (Fsp3) is 0.250. The van der Waals surface area contributed by atoms with Gasteiger partial charge in [-0.25, -0.2) is 0 Å². The molecule has 140 valence electrons. The maximum absolute atomic E-state index is 12.3. The van der Waals surface area contributed by atoms with Crippen LogP contribution in [0, 0.1) is 5.92 Å². The van der Waals surface area contributed by atoms with Crippen LogP contribution in [0.4, 0.5) is 0 Å².